The molecular formula is C15H11NO3S. The van der Waals surface area contributed by atoms with E-state index in [1.54, 1.807) is 24.3 Å². The van der Waals surface area contributed by atoms with E-state index in [0.717, 1.165) is 10.8 Å². The molecule has 0 fully saturated rings. The van der Waals surface area contributed by atoms with E-state index in [1.165, 1.54) is 12.3 Å². The highest BCUT2D eigenvalue weighted by atomic mass is 32.2. The lowest BCUT2D eigenvalue weighted by Gasteiger charge is -2.07. The van der Waals surface area contributed by atoms with Crippen molar-refractivity contribution in [2.75, 3.05) is 0 Å². The largest absolute Gasteiger partial charge is 0.378 e. The summed E-state index contributed by atoms with van der Waals surface area (Å²) in [5.41, 5.74) is 0. The first kappa shape index (κ1) is 12.6. The van der Waals surface area contributed by atoms with Crippen LogP contribution in [0.4, 0.5) is 0 Å². The maximum absolute atomic E-state index is 12.1. The molecule has 3 rings (SSSR count). The minimum atomic E-state index is -3.89. The molecule has 0 saturated carbocycles. The monoisotopic (exact) mass is 285 g/mol. The minimum Gasteiger partial charge on any atom is -0.378 e. The lowest BCUT2D eigenvalue weighted by molar-refractivity contribution is 0.482. The second-order valence-electron chi connectivity index (χ2n) is 4.21. The fourth-order valence-electron chi connectivity index (χ4n) is 1.88. The highest BCUT2D eigenvalue weighted by molar-refractivity contribution is 7.87. The van der Waals surface area contributed by atoms with Gasteiger partial charge in [0.1, 0.15) is 5.75 Å². The van der Waals surface area contributed by atoms with Gasteiger partial charge in [-0.1, -0.05) is 36.4 Å². The van der Waals surface area contributed by atoms with Crippen LogP contribution in [0, 0.1) is 0 Å². The first-order valence-corrected chi connectivity index (χ1v) is 7.40. The summed E-state index contributed by atoms with van der Waals surface area (Å²) in [4.78, 5) is 3.80. The Bertz CT molecular complexity index is 845. The molecule has 0 aliphatic carbocycles. The molecule has 1 aromatic heterocycles. The Morgan fingerprint density at radius 3 is 2.35 bits per heavy atom. The zero-order chi connectivity index (χ0) is 14.0. The SMILES string of the molecule is O=S(=O)(Oc1ccc2ccccc2c1)c1ccccn1. The van der Waals surface area contributed by atoms with Crippen molar-refractivity contribution in [3.63, 3.8) is 0 Å². The predicted octanol–water partition coefficient (Wildman–Crippen LogP) is 3.00. The molecule has 3 aromatic rings. The number of pyridine rings is 1. The van der Waals surface area contributed by atoms with Crippen molar-refractivity contribution >= 4 is 20.9 Å². The van der Waals surface area contributed by atoms with Crippen LogP contribution in [0.3, 0.4) is 0 Å². The van der Waals surface area contributed by atoms with Crippen LogP contribution in [0.1, 0.15) is 0 Å². The van der Waals surface area contributed by atoms with Gasteiger partial charge in [-0.15, -0.1) is 0 Å². The zero-order valence-electron chi connectivity index (χ0n) is 10.4. The van der Waals surface area contributed by atoms with Crippen LogP contribution in [0.5, 0.6) is 5.75 Å². The van der Waals surface area contributed by atoms with E-state index in [-0.39, 0.29) is 10.8 Å². The second-order valence-corrected chi connectivity index (χ2v) is 5.71. The van der Waals surface area contributed by atoms with Gasteiger partial charge in [-0.05, 0) is 35.0 Å². The summed E-state index contributed by atoms with van der Waals surface area (Å²) < 4.78 is 29.2. The van der Waals surface area contributed by atoms with Crippen molar-refractivity contribution in [3.05, 3.63) is 66.9 Å². The van der Waals surface area contributed by atoms with E-state index in [4.69, 9.17) is 4.18 Å². The summed E-state index contributed by atoms with van der Waals surface area (Å²) in [5, 5.41) is 1.84. The first-order chi connectivity index (χ1) is 9.65. The molecule has 0 aliphatic heterocycles. The molecule has 0 unspecified atom stereocenters. The van der Waals surface area contributed by atoms with Gasteiger partial charge < -0.3 is 4.18 Å². The van der Waals surface area contributed by atoms with Crippen LogP contribution in [0.25, 0.3) is 10.8 Å². The van der Waals surface area contributed by atoms with E-state index in [9.17, 15) is 8.42 Å². The summed E-state index contributed by atoms with van der Waals surface area (Å²) >= 11 is 0. The normalized spacial score (nSPS) is 11.4. The molecule has 1 heterocycles. The van der Waals surface area contributed by atoms with Crippen molar-refractivity contribution in [2.24, 2.45) is 0 Å². The molecule has 0 amide bonds. The van der Waals surface area contributed by atoms with Crippen LogP contribution >= 0.6 is 0 Å². The van der Waals surface area contributed by atoms with E-state index in [1.807, 2.05) is 30.3 Å². The lowest BCUT2D eigenvalue weighted by atomic mass is 10.1. The van der Waals surface area contributed by atoms with E-state index < -0.39 is 10.1 Å². The topological polar surface area (TPSA) is 56.3 Å². The second kappa shape index (κ2) is 4.94. The number of fused-ring (bicyclic) bond motifs is 1. The molecular weight excluding hydrogens is 274 g/mol. The molecule has 0 radical (unpaired) electrons. The number of benzene rings is 2. The van der Waals surface area contributed by atoms with E-state index in [2.05, 4.69) is 4.98 Å². The molecule has 0 aliphatic rings. The molecule has 0 saturated heterocycles. The highest BCUT2D eigenvalue weighted by Crippen LogP contribution is 2.23. The fourth-order valence-corrected chi connectivity index (χ4v) is 2.76. The summed E-state index contributed by atoms with van der Waals surface area (Å²) in [6.45, 7) is 0. The third-order valence-corrected chi connectivity index (χ3v) is 3.99. The average Bonchev–Trinajstić information content (AvgIpc) is 2.48. The molecule has 0 spiro atoms. The van der Waals surface area contributed by atoms with Crippen molar-refractivity contribution in [1.29, 1.82) is 0 Å². The summed E-state index contributed by atoms with van der Waals surface area (Å²) in [7, 11) is -3.89. The molecule has 5 heteroatoms. The molecule has 0 bridgehead atoms. The molecule has 2 aromatic carbocycles. The van der Waals surface area contributed by atoms with Crippen molar-refractivity contribution in [1.82, 2.24) is 4.98 Å². The van der Waals surface area contributed by atoms with Crippen molar-refractivity contribution in [2.45, 2.75) is 5.03 Å². The molecule has 20 heavy (non-hydrogen) atoms. The van der Waals surface area contributed by atoms with E-state index in [0.29, 0.717) is 0 Å². The lowest BCUT2D eigenvalue weighted by Crippen LogP contribution is -2.11. The van der Waals surface area contributed by atoms with Gasteiger partial charge in [0.15, 0.2) is 5.03 Å². The summed E-state index contributed by atoms with van der Waals surface area (Å²) in [5.74, 6) is 0.273. The summed E-state index contributed by atoms with van der Waals surface area (Å²) in [6, 6.07) is 17.4. The Kier molecular flexibility index (Phi) is 3.12. The van der Waals surface area contributed by atoms with Gasteiger partial charge in [0.05, 0.1) is 0 Å². The van der Waals surface area contributed by atoms with Gasteiger partial charge in [-0.2, -0.15) is 8.42 Å². The van der Waals surface area contributed by atoms with Gasteiger partial charge in [0, 0.05) is 6.20 Å². The van der Waals surface area contributed by atoms with Crippen LogP contribution in [0.15, 0.2) is 71.9 Å². The number of nitrogens with zero attached hydrogens (tertiary/aromatic N) is 1. The smallest absolute Gasteiger partial charge is 0.356 e. The van der Waals surface area contributed by atoms with Crippen LogP contribution < -0.4 is 4.18 Å². The maximum atomic E-state index is 12.1. The first-order valence-electron chi connectivity index (χ1n) is 5.99. The summed E-state index contributed by atoms with van der Waals surface area (Å²) in [6.07, 6.45) is 1.41. The van der Waals surface area contributed by atoms with Crippen molar-refractivity contribution in [3.8, 4) is 5.75 Å². The fraction of sp³-hybridized carbons (Fsp3) is 0. The van der Waals surface area contributed by atoms with Gasteiger partial charge in [-0.3, -0.25) is 0 Å². The van der Waals surface area contributed by atoms with Crippen LogP contribution in [0.2, 0.25) is 0 Å². The predicted molar refractivity (Wildman–Crippen MR) is 76.0 cm³/mol. The molecule has 0 atom stereocenters. The Morgan fingerprint density at radius 1 is 0.850 bits per heavy atom. The molecule has 100 valence electrons. The number of aromatic nitrogens is 1. The van der Waals surface area contributed by atoms with Crippen LogP contribution in [-0.2, 0) is 10.1 Å². The number of rotatable bonds is 3. The Morgan fingerprint density at radius 2 is 1.60 bits per heavy atom. The van der Waals surface area contributed by atoms with Gasteiger partial charge >= 0.3 is 10.1 Å². The average molecular weight is 285 g/mol. The standard InChI is InChI=1S/C15H11NO3S/c17-20(18,15-7-3-4-10-16-15)19-14-9-8-12-5-1-2-6-13(12)11-14/h1-11H. The number of hydrogen-bond acceptors (Lipinski definition) is 4. The third kappa shape index (κ3) is 2.48. The molecule has 0 N–H and O–H groups in total. The highest BCUT2D eigenvalue weighted by Gasteiger charge is 2.17. The Balaban J connectivity index is 1.97. The van der Waals surface area contributed by atoms with E-state index >= 15 is 0 Å². The Hall–Kier alpha value is -2.40. The van der Waals surface area contributed by atoms with Crippen LogP contribution in [-0.4, -0.2) is 13.4 Å². The van der Waals surface area contributed by atoms with Gasteiger partial charge in [-0.25, -0.2) is 4.98 Å². The van der Waals surface area contributed by atoms with Crippen molar-refractivity contribution < 1.29 is 12.6 Å². The minimum absolute atomic E-state index is 0.104. The molecule has 4 nitrogen and oxygen atoms in total. The van der Waals surface area contributed by atoms with Gasteiger partial charge in [0.25, 0.3) is 0 Å². The Labute approximate surface area is 116 Å². The third-order valence-electron chi connectivity index (χ3n) is 2.82. The van der Waals surface area contributed by atoms with Gasteiger partial charge in [0.2, 0.25) is 0 Å². The quantitative estimate of drug-likeness (QED) is 0.694. The number of hydrogen-bond donors (Lipinski definition) is 0. The zero-order valence-corrected chi connectivity index (χ0v) is 11.2. The maximum Gasteiger partial charge on any atom is 0.356 e.